The van der Waals surface area contributed by atoms with Crippen LogP contribution in [0.25, 0.3) is 0 Å². The Morgan fingerprint density at radius 2 is 0.900 bits per heavy atom. The molecule has 6 nitrogen and oxygen atoms in total. The molecular formula is C32H36Cl2N6. The molecular weight excluding hydrogens is 539 g/mol. The van der Waals surface area contributed by atoms with Crippen molar-refractivity contribution in [3.63, 3.8) is 0 Å². The minimum Gasteiger partial charge on any atom is -1.00 e. The van der Waals surface area contributed by atoms with Crippen LogP contribution in [-0.4, -0.2) is 26.0 Å². The fourth-order valence-corrected chi connectivity index (χ4v) is 4.79. The Hall–Kier alpha value is -4.00. The van der Waals surface area contributed by atoms with Crippen LogP contribution in [0.2, 0.25) is 0 Å². The highest BCUT2D eigenvalue weighted by Crippen LogP contribution is 2.23. The summed E-state index contributed by atoms with van der Waals surface area (Å²) in [6.07, 6.45) is 3.66. The highest BCUT2D eigenvalue weighted by Gasteiger charge is 2.16. The zero-order valence-electron chi connectivity index (χ0n) is 22.8. The molecule has 4 aromatic carbocycles. The van der Waals surface area contributed by atoms with E-state index in [1.807, 2.05) is 14.1 Å². The molecule has 0 aromatic heterocycles. The SMILES string of the molecule is C[NH+]=C1Nc2cccc(c2)CCc2ccccc2NC(=[NH+]C)Nc2ccccc2CCc2ccccc2N1.[Cl-].[Cl-]. The summed E-state index contributed by atoms with van der Waals surface area (Å²) in [5.74, 6) is 1.70. The van der Waals surface area contributed by atoms with E-state index in [1.165, 1.54) is 22.3 Å². The number of halogens is 2. The van der Waals surface area contributed by atoms with Gasteiger partial charge in [-0.05, 0) is 78.3 Å². The number of fused-ring (bicyclic) bond motifs is 5. The standard InChI is InChI=1S/C32H34N6.2ClH/c1-33-31-35-27-14-9-10-23(22-27)18-19-24-11-3-6-15-28(24)37-32(34-2)38-30-17-8-5-13-26(30)21-20-25-12-4-7-16-29(25)36-31;;/h3-17,22H,18-21H2,1-2H3,(H2,33,35,36)(H2,34,37,38);2*1H. The van der Waals surface area contributed by atoms with Crippen LogP contribution in [0.15, 0.2) is 97.1 Å². The summed E-state index contributed by atoms with van der Waals surface area (Å²) in [6.45, 7) is 0. The summed E-state index contributed by atoms with van der Waals surface area (Å²) < 4.78 is 0. The van der Waals surface area contributed by atoms with Gasteiger partial charge in [-0.3, -0.25) is 9.98 Å². The lowest BCUT2D eigenvalue weighted by molar-refractivity contribution is -0.420. The number of hydrogen-bond acceptors (Lipinski definition) is 0. The van der Waals surface area contributed by atoms with Gasteiger partial charge in [0, 0.05) is 0 Å². The monoisotopic (exact) mass is 574 g/mol. The average molecular weight is 576 g/mol. The number of rotatable bonds is 0. The summed E-state index contributed by atoms with van der Waals surface area (Å²) in [7, 11) is 3.87. The number of benzene rings is 4. The first-order valence-electron chi connectivity index (χ1n) is 13.2. The third kappa shape index (κ3) is 7.78. The van der Waals surface area contributed by atoms with Crippen molar-refractivity contribution in [2.45, 2.75) is 25.7 Å². The van der Waals surface area contributed by atoms with E-state index in [9.17, 15) is 0 Å². The molecule has 40 heavy (non-hydrogen) atoms. The van der Waals surface area contributed by atoms with E-state index >= 15 is 0 Å². The zero-order chi connectivity index (χ0) is 26.2. The lowest BCUT2D eigenvalue weighted by Crippen LogP contribution is -3.00. The Morgan fingerprint density at radius 3 is 1.38 bits per heavy atom. The predicted molar refractivity (Wildman–Crippen MR) is 159 cm³/mol. The third-order valence-electron chi connectivity index (χ3n) is 6.87. The van der Waals surface area contributed by atoms with Crippen LogP contribution in [0.5, 0.6) is 0 Å². The summed E-state index contributed by atoms with van der Waals surface area (Å²) in [6, 6.07) is 34.1. The van der Waals surface area contributed by atoms with Crippen LogP contribution in [-0.2, 0) is 25.7 Å². The normalized spacial score (nSPS) is 15.3. The Kier molecular flexibility index (Phi) is 11.4. The van der Waals surface area contributed by atoms with E-state index in [-0.39, 0.29) is 24.8 Å². The fraction of sp³-hybridized carbons (Fsp3) is 0.188. The van der Waals surface area contributed by atoms with E-state index in [4.69, 9.17) is 0 Å². The smallest absolute Gasteiger partial charge is 0.353 e. The molecule has 0 amide bonds. The molecule has 2 bridgehead atoms. The van der Waals surface area contributed by atoms with Gasteiger partial charge in [-0.2, -0.15) is 0 Å². The molecule has 0 aliphatic carbocycles. The first-order valence-corrected chi connectivity index (χ1v) is 13.2. The third-order valence-corrected chi connectivity index (χ3v) is 6.87. The molecule has 8 heteroatoms. The van der Waals surface area contributed by atoms with Gasteiger partial charge in [-0.25, -0.2) is 21.3 Å². The highest BCUT2D eigenvalue weighted by atomic mass is 35.5. The quantitative estimate of drug-likeness (QED) is 0.133. The van der Waals surface area contributed by atoms with E-state index in [2.05, 4.69) is 128 Å². The first-order chi connectivity index (χ1) is 18.7. The number of guanidine groups is 2. The number of anilines is 4. The van der Waals surface area contributed by atoms with Gasteiger partial charge in [0.05, 0.1) is 19.8 Å². The van der Waals surface area contributed by atoms with Crippen molar-refractivity contribution in [2.24, 2.45) is 0 Å². The first kappa shape index (κ1) is 30.5. The highest BCUT2D eigenvalue weighted by molar-refractivity contribution is 6.01. The minimum absolute atomic E-state index is 0. The average Bonchev–Trinajstić information content (AvgIpc) is 2.96. The molecule has 1 aliphatic heterocycles. The maximum absolute atomic E-state index is 3.60. The molecule has 0 saturated carbocycles. The largest absolute Gasteiger partial charge is 1.00 e. The Bertz CT molecular complexity index is 1470. The van der Waals surface area contributed by atoms with Crippen molar-refractivity contribution in [1.29, 1.82) is 0 Å². The minimum atomic E-state index is 0. The van der Waals surface area contributed by atoms with Crippen molar-refractivity contribution in [1.82, 2.24) is 0 Å². The number of nitrogens with one attached hydrogen (secondary N) is 6. The van der Waals surface area contributed by atoms with Crippen LogP contribution >= 0.6 is 0 Å². The molecule has 0 unspecified atom stereocenters. The molecule has 208 valence electrons. The molecule has 5 rings (SSSR count). The Balaban J connectivity index is 0.00000220. The number of aryl methyl sites for hydroxylation is 4. The predicted octanol–water partition coefficient (Wildman–Crippen LogP) is -3.24. The van der Waals surface area contributed by atoms with Gasteiger partial charge in [-0.1, -0.05) is 66.7 Å². The van der Waals surface area contributed by atoms with Crippen molar-refractivity contribution in [3.05, 3.63) is 119 Å². The lowest BCUT2D eigenvalue weighted by Gasteiger charge is -2.13. The molecule has 0 radical (unpaired) electrons. The van der Waals surface area contributed by atoms with Gasteiger partial charge < -0.3 is 24.8 Å². The van der Waals surface area contributed by atoms with E-state index in [1.54, 1.807) is 0 Å². The summed E-state index contributed by atoms with van der Waals surface area (Å²) in [5.41, 5.74) is 9.38. The van der Waals surface area contributed by atoms with Gasteiger partial charge in [-0.15, -0.1) is 0 Å². The van der Waals surface area contributed by atoms with Crippen molar-refractivity contribution in [2.75, 3.05) is 35.4 Å². The van der Waals surface area contributed by atoms with E-state index < -0.39 is 0 Å². The molecule has 6 N–H and O–H groups in total. The van der Waals surface area contributed by atoms with E-state index in [0.717, 1.165) is 60.4 Å². The van der Waals surface area contributed by atoms with Crippen LogP contribution in [0.4, 0.5) is 22.7 Å². The van der Waals surface area contributed by atoms with Gasteiger partial charge >= 0.3 is 11.9 Å². The fourth-order valence-electron chi connectivity index (χ4n) is 4.79. The molecule has 0 spiro atoms. The van der Waals surface area contributed by atoms with Gasteiger partial charge in [0.25, 0.3) is 0 Å². The van der Waals surface area contributed by atoms with Gasteiger partial charge in [0.2, 0.25) is 0 Å². The lowest BCUT2D eigenvalue weighted by atomic mass is 10.0. The molecule has 0 fully saturated rings. The van der Waals surface area contributed by atoms with Crippen molar-refractivity contribution >= 4 is 34.7 Å². The van der Waals surface area contributed by atoms with Crippen LogP contribution in [0.3, 0.4) is 0 Å². The maximum atomic E-state index is 3.60. The van der Waals surface area contributed by atoms with Crippen LogP contribution in [0, 0.1) is 0 Å². The van der Waals surface area contributed by atoms with Crippen molar-refractivity contribution < 1.29 is 34.8 Å². The Labute approximate surface area is 249 Å². The number of para-hydroxylation sites is 3. The van der Waals surface area contributed by atoms with Gasteiger partial charge in [0.15, 0.2) is 0 Å². The molecule has 0 atom stereocenters. The molecule has 4 aromatic rings. The summed E-state index contributed by atoms with van der Waals surface area (Å²) in [5, 5.41) is 14.3. The van der Waals surface area contributed by atoms with E-state index in [0.29, 0.717) is 0 Å². The van der Waals surface area contributed by atoms with Crippen molar-refractivity contribution in [3.8, 4) is 0 Å². The molecule has 1 aliphatic rings. The Morgan fingerprint density at radius 1 is 0.475 bits per heavy atom. The summed E-state index contributed by atoms with van der Waals surface area (Å²) >= 11 is 0. The molecule has 1 heterocycles. The maximum Gasteiger partial charge on any atom is 0.353 e. The second-order valence-electron chi connectivity index (χ2n) is 9.42. The molecule has 0 saturated heterocycles. The topological polar surface area (TPSA) is 76.1 Å². The van der Waals surface area contributed by atoms with Crippen LogP contribution < -0.4 is 56.1 Å². The summed E-state index contributed by atoms with van der Waals surface area (Å²) in [4.78, 5) is 6.60. The zero-order valence-corrected chi connectivity index (χ0v) is 24.3. The number of hydrogen-bond donors (Lipinski definition) is 6. The van der Waals surface area contributed by atoms with Gasteiger partial charge in [0.1, 0.15) is 17.1 Å². The second kappa shape index (κ2) is 15.0. The van der Waals surface area contributed by atoms with Crippen LogP contribution in [0.1, 0.15) is 22.3 Å². The second-order valence-corrected chi connectivity index (χ2v) is 9.42.